The van der Waals surface area contributed by atoms with Crippen LogP contribution in [-0.4, -0.2) is 177 Å². The molecule has 0 saturated heterocycles. The predicted molar refractivity (Wildman–Crippen MR) is 174 cm³/mol. The van der Waals surface area contributed by atoms with Gasteiger partial charge in [0.1, 0.15) is 12.4 Å². The standard InChI is InChI=1S/C33H60O14/c1-32-3-2-4-33(31-32)47-30-29-46-28-27-45-26-25-44-24-23-43-22-21-42-20-19-41-18-17-40-16-15-39-14-13-38-12-11-37-10-9-36-8-7-35-6-5-34/h2-4,31,34H,5-30H2,1H3. The van der Waals surface area contributed by atoms with Gasteiger partial charge in [0.25, 0.3) is 0 Å². The molecule has 14 nitrogen and oxygen atoms in total. The number of rotatable bonds is 39. The Morgan fingerprint density at radius 3 is 0.872 bits per heavy atom. The first-order valence-electron chi connectivity index (χ1n) is 16.6. The Bertz CT molecular complexity index is 745. The van der Waals surface area contributed by atoms with Crippen molar-refractivity contribution >= 4 is 0 Å². The zero-order valence-electron chi connectivity index (χ0n) is 28.4. The van der Waals surface area contributed by atoms with Gasteiger partial charge >= 0.3 is 0 Å². The van der Waals surface area contributed by atoms with Crippen LogP contribution in [0.4, 0.5) is 0 Å². The Kier molecular flexibility index (Phi) is 34.6. The molecular weight excluding hydrogens is 620 g/mol. The van der Waals surface area contributed by atoms with Crippen molar-refractivity contribution in [3.05, 3.63) is 29.8 Å². The largest absolute Gasteiger partial charge is 0.491 e. The third-order valence-electron chi connectivity index (χ3n) is 5.81. The first-order valence-corrected chi connectivity index (χ1v) is 16.6. The molecule has 0 unspecified atom stereocenters. The van der Waals surface area contributed by atoms with E-state index < -0.39 is 0 Å². The van der Waals surface area contributed by atoms with Crippen LogP contribution in [0.2, 0.25) is 0 Å². The van der Waals surface area contributed by atoms with Gasteiger partial charge in [-0.05, 0) is 24.6 Å². The van der Waals surface area contributed by atoms with Crippen LogP contribution >= 0.6 is 0 Å². The van der Waals surface area contributed by atoms with Crippen molar-refractivity contribution in [3.8, 4) is 5.75 Å². The van der Waals surface area contributed by atoms with Crippen molar-refractivity contribution in [1.29, 1.82) is 0 Å². The van der Waals surface area contributed by atoms with Gasteiger partial charge in [-0.1, -0.05) is 12.1 Å². The van der Waals surface area contributed by atoms with Gasteiger partial charge in [-0.3, -0.25) is 0 Å². The summed E-state index contributed by atoms with van der Waals surface area (Å²) < 4.78 is 70.7. The Morgan fingerprint density at radius 1 is 0.362 bits per heavy atom. The van der Waals surface area contributed by atoms with E-state index in [1.54, 1.807) is 0 Å². The molecule has 0 spiro atoms. The molecular formula is C33H60O14. The second-order valence-electron chi connectivity index (χ2n) is 9.74. The van der Waals surface area contributed by atoms with E-state index in [1.807, 2.05) is 31.2 Å². The summed E-state index contributed by atoms with van der Waals surface area (Å²) in [6, 6.07) is 7.95. The average molecular weight is 681 g/mol. The third-order valence-corrected chi connectivity index (χ3v) is 5.81. The van der Waals surface area contributed by atoms with Gasteiger partial charge in [-0.15, -0.1) is 0 Å². The van der Waals surface area contributed by atoms with E-state index in [-0.39, 0.29) is 6.61 Å². The smallest absolute Gasteiger partial charge is 0.119 e. The summed E-state index contributed by atoms with van der Waals surface area (Å²) in [5.74, 6) is 0.858. The van der Waals surface area contributed by atoms with Crippen LogP contribution in [0.3, 0.4) is 0 Å². The lowest BCUT2D eigenvalue weighted by molar-refractivity contribution is -0.0287. The first kappa shape index (κ1) is 43.5. The molecule has 0 aromatic heterocycles. The minimum Gasteiger partial charge on any atom is -0.491 e. The maximum Gasteiger partial charge on any atom is 0.119 e. The number of aliphatic hydroxyl groups excluding tert-OH is 1. The van der Waals surface area contributed by atoms with E-state index in [0.717, 1.165) is 5.75 Å². The van der Waals surface area contributed by atoms with E-state index in [9.17, 15) is 0 Å². The van der Waals surface area contributed by atoms with E-state index in [2.05, 4.69) is 0 Å². The quantitative estimate of drug-likeness (QED) is 0.101. The molecule has 14 heteroatoms. The summed E-state index contributed by atoms with van der Waals surface area (Å²) in [4.78, 5) is 0. The summed E-state index contributed by atoms with van der Waals surface area (Å²) in [5, 5.41) is 8.58. The molecule has 0 aliphatic heterocycles. The SMILES string of the molecule is Cc1cccc(OCCOCCOCCOCCOCCOCCOCCOCCOCCOCCOCCOCCOCCO)c1. The molecule has 0 aliphatic rings. The first-order chi connectivity index (χ1) is 23.3. The third kappa shape index (κ3) is 34.2. The van der Waals surface area contributed by atoms with Gasteiger partial charge in [0.15, 0.2) is 0 Å². The molecule has 276 valence electrons. The monoisotopic (exact) mass is 680 g/mol. The molecule has 0 bridgehead atoms. The van der Waals surface area contributed by atoms with Crippen LogP contribution in [0.5, 0.6) is 5.75 Å². The van der Waals surface area contributed by atoms with Crippen molar-refractivity contribution in [1.82, 2.24) is 0 Å². The van der Waals surface area contributed by atoms with Crippen LogP contribution in [-0.2, 0) is 56.8 Å². The summed E-state index contributed by atoms with van der Waals surface area (Å²) in [6.45, 7) is 14.5. The van der Waals surface area contributed by atoms with Gasteiger partial charge < -0.3 is 66.7 Å². The van der Waals surface area contributed by atoms with Gasteiger partial charge in [0, 0.05) is 0 Å². The van der Waals surface area contributed by atoms with Crippen molar-refractivity contribution in [2.45, 2.75) is 6.92 Å². The summed E-state index contributed by atoms with van der Waals surface area (Å²) >= 11 is 0. The van der Waals surface area contributed by atoms with Crippen LogP contribution in [0.15, 0.2) is 24.3 Å². The van der Waals surface area contributed by atoms with Crippen LogP contribution in [0.1, 0.15) is 5.56 Å². The molecule has 1 aromatic carbocycles. The molecule has 0 amide bonds. The Morgan fingerprint density at radius 2 is 0.617 bits per heavy atom. The second kappa shape index (κ2) is 37.3. The number of aliphatic hydroxyl groups is 1. The maximum absolute atomic E-state index is 8.58. The minimum atomic E-state index is 0.0243. The maximum atomic E-state index is 8.58. The lowest BCUT2D eigenvalue weighted by atomic mass is 10.2. The van der Waals surface area contributed by atoms with Crippen molar-refractivity contribution in [2.24, 2.45) is 0 Å². The fraction of sp³-hybridized carbons (Fsp3) is 0.818. The van der Waals surface area contributed by atoms with Gasteiger partial charge in [0.2, 0.25) is 0 Å². The highest BCUT2D eigenvalue weighted by Crippen LogP contribution is 2.11. The second-order valence-corrected chi connectivity index (χ2v) is 9.74. The van der Waals surface area contributed by atoms with Crippen molar-refractivity contribution < 1.29 is 66.7 Å². The van der Waals surface area contributed by atoms with Crippen molar-refractivity contribution in [3.63, 3.8) is 0 Å². The molecule has 0 radical (unpaired) electrons. The van der Waals surface area contributed by atoms with Gasteiger partial charge in [0.05, 0.1) is 165 Å². The van der Waals surface area contributed by atoms with E-state index in [1.165, 1.54) is 5.56 Å². The Hall–Kier alpha value is -1.50. The predicted octanol–water partition coefficient (Wildman–Crippen LogP) is 1.57. The summed E-state index contributed by atoms with van der Waals surface area (Å²) in [7, 11) is 0. The number of ether oxygens (including phenoxy) is 13. The fourth-order valence-corrected chi connectivity index (χ4v) is 3.51. The molecule has 47 heavy (non-hydrogen) atoms. The topological polar surface area (TPSA) is 140 Å². The molecule has 1 N–H and O–H groups in total. The zero-order valence-corrected chi connectivity index (χ0v) is 28.4. The fourth-order valence-electron chi connectivity index (χ4n) is 3.51. The van der Waals surface area contributed by atoms with Gasteiger partial charge in [-0.25, -0.2) is 0 Å². The molecule has 1 aromatic rings. The summed E-state index contributed by atoms with van der Waals surface area (Å²) in [6.07, 6.45) is 0. The van der Waals surface area contributed by atoms with Crippen LogP contribution in [0.25, 0.3) is 0 Å². The van der Waals surface area contributed by atoms with E-state index in [0.29, 0.717) is 165 Å². The lowest BCUT2D eigenvalue weighted by Crippen LogP contribution is -2.15. The minimum absolute atomic E-state index is 0.0243. The van der Waals surface area contributed by atoms with Gasteiger partial charge in [-0.2, -0.15) is 0 Å². The normalized spacial score (nSPS) is 11.4. The molecule has 0 saturated carbocycles. The average Bonchev–Trinajstić information content (AvgIpc) is 3.08. The molecule has 0 fully saturated rings. The molecule has 0 aliphatic carbocycles. The van der Waals surface area contributed by atoms with Crippen LogP contribution in [0, 0.1) is 6.92 Å². The Labute approximate surface area is 281 Å². The van der Waals surface area contributed by atoms with E-state index >= 15 is 0 Å². The molecule has 0 atom stereocenters. The molecule has 0 heterocycles. The Balaban J connectivity index is 1.62. The van der Waals surface area contributed by atoms with E-state index in [4.69, 9.17) is 66.7 Å². The number of benzene rings is 1. The summed E-state index contributed by atoms with van der Waals surface area (Å²) in [5.41, 5.74) is 1.17. The lowest BCUT2D eigenvalue weighted by Gasteiger charge is -2.09. The highest BCUT2D eigenvalue weighted by molar-refractivity contribution is 5.27. The number of hydrogen-bond donors (Lipinski definition) is 1. The van der Waals surface area contributed by atoms with Crippen molar-refractivity contribution in [2.75, 3.05) is 172 Å². The number of hydrogen-bond acceptors (Lipinski definition) is 14. The highest BCUT2D eigenvalue weighted by Gasteiger charge is 1.98. The zero-order chi connectivity index (χ0) is 33.6. The highest BCUT2D eigenvalue weighted by atomic mass is 16.6. The number of aryl methyl sites for hydroxylation is 1. The molecule has 1 rings (SSSR count). The van der Waals surface area contributed by atoms with Crippen LogP contribution < -0.4 is 4.74 Å².